The van der Waals surface area contributed by atoms with Crippen LogP contribution in [0.1, 0.15) is 32.3 Å². The van der Waals surface area contributed by atoms with Crippen LogP contribution in [0.5, 0.6) is 0 Å². The third kappa shape index (κ3) is 6.81. The van der Waals surface area contributed by atoms with E-state index < -0.39 is 0 Å². The summed E-state index contributed by atoms with van der Waals surface area (Å²) in [6, 6.07) is 18.7. The highest BCUT2D eigenvalue weighted by molar-refractivity contribution is 6.33. The standard InChI is InChI=1S/C29H35ClN6O2/c1-4-22(3)36(29(38)31-23-12-10-21(2)11-13-23)20-28(37)35-17-7-16-34(18-19-35)27-15-14-26(32-33-27)24-8-5-6-9-25(24)30/h5-6,8-15,22H,4,7,16-20H2,1-3H3,(H,31,38)/t22-/m1/s1. The van der Waals surface area contributed by atoms with Crippen LogP contribution in [0.25, 0.3) is 11.3 Å². The Hall–Kier alpha value is -3.65. The van der Waals surface area contributed by atoms with Crippen molar-refractivity contribution in [2.45, 2.75) is 39.7 Å². The number of halogens is 1. The summed E-state index contributed by atoms with van der Waals surface area (Å²) < 4.78 is 0. The normalized spacial score (nSPS) is 14.5. The Kier molecular flexibility index (Phi) is 9.18. The number of aryl methyl sites for hydroxylation is 1. The Bertz CT molecular complexity index is 1230. The van der Waals surface area contributed by atoms with Crippen LogP contribution in [0.3, 0.4) is 0 Å². The summed E-state index contributed by atoms with van der Waals surface area (Å²) in [5.41, 5.74) is 3.40. The molecule has 1 aromatic heterocycles. The van der Waals surface area contributed by atoms with Crippen LogP contribution >= 0.6 is 11.6 Å². The number of nitrogens with one attached hydrogen (secondary N) is 1. The Balaban J connectivity index is 1.37. The summed E-state index contributed by atoms with van der Waals surface area (Å²) in [7, 11) is 0. The Morgan fingerprint density at radius 3 is 2.45 bits per heavy atom. The highest BCUT2D eigenvalue weighted by Crippen LogP contribution is 2.26. The molecule has 2 aromatic carbocycles. The molecule has 0 aliphatic carbocycles. The molecule has 0 saturated carbocycles. The fourth-order valence-corrected chi connectivity index (χ4v) is 4.66. The van der Waals surface area contributed by atoms with E-state index in [-0.39, 0.29) is 24.5 Å². The lowest BCUT2D eigenvalue weighted by atomic mass is 10.1. The lowest BCUT2D eigenvalue weighted by molar-refractivity contribution is -0.131. The summed E-state index contributed by atoms with van der Waals surface area (Å²) in [5, 5.41) is 12.4. The zero-order chi connectivity index (χ0) is 27.1. The van der Waals surface area contributed by atoms with E-state index in [1.807, 2.05) is 86.3 Å². The smallest absolute Gasteiger partial charge is 0.322 e. The molecular formula is C29H35ClN6O2. The molecular weight excluding hydrogens is 500 g/mol. The monoisotopic (exact) mass is 534 g/mol. The molecule has 0 radical (unpaired) electrons. The number of hydrogen-bond acceptors (Lipinski definition) is 5. The average Bonchev–Trinajstić information content (AvgIpc) is 3.19. The molecule has 0 spiro atoms. The highest BCUT2D eigenvalue weighted by Gasteiger charge is 2.26. The van der Waals surface area contributed by atoms with Gasteiger partial charge in [-0.2, -0.15) is 0 Å². The van der Waals surface area contributed by atoms with Crippen molar-refractivity contribution >= 4 is 35.0 Å². The lowest BCUT2D eigenvalue weighted by Gasteiger charge is -2.31. The quantitative estimate of drug-likeness (QED) is 0.434. The van der Waals surface area contributed by atoms with Crippen molar-refractivity contribution in [1.29, 1.82) is 0 Å². The minimum atomic E-state index is -0.262. The minimum Gasteiger partial charge on any atom is -0.353 e. The fraction of sp³-hybridized carbons (Fsp3) is 0.379. The van der Waals surface area contributed by atoms with Crippen LogP contribution in [0.4, 0.5) is 16.3 Å². The van der Waals surface area contributed by atoms with E-state index in [0.29, 0.717) is 30.3 Å². The predicted molar refractivity (Wildman–Crippen MR) is 153 cm³/mol. The second-order valence-corrected chi connectivity index (χ2v) is 10.1. The highest BCUT2D eigenvalue weighted by atomic mass is 35.5. The number of rotatable bonds is 7. The lowest BCUT2D eigenvalue weighted by Crippen LogP contribution is -2.48. The number of aromatic nitrogens is 2. The van der Waals surface area contributed by atoms with E-state index in [1.165, 1.54) is 0 Å². The molecule has 3 aromatic rings. The largest absolute Gasteiger partial charge is 0.353 e. The van der Waals surface area contributed by atoms with Crippen LogP contribution in [0, 0.1) is 6.92 Å². The summed E-state index contributed by atoms with van der Waals surface area (Å²) in [6.45, 7) is 8.63. The maximum Gasteiger partial charge on any atom is 0.322 e. The van der Waals surface area contributed by atoms with E-state index in [1.54, 1.807) is 4.90 Å². The molecule has 38 heavy (non-hydrogen) atoms. The van der Waals surface area contributed by atoms with Gasteiger partial charge in [-0.1, -0.05) is 54.4 Å². The zero-order valence-electron chi connectivity index (χ0n) is 22.2. The van der Waals surface area contributed by atoms with Gasteiger partial charge in [-0.05, 0) is 57.0 Å². The van der Waals surface area contributed by atoms with Crippen LogP contribution in [0.15, 0.2) is 60.7 Å². The van der Waals surface area contributed by atoms with Gasteiger partial charge in [0.05, 0.1) is 10.7 Å². The van der Waals surface area contributed by atoms with E-state index in [4.69, 9.17) is 11.6 Å². The molecule has 4 rings (SSSR count). The van der Waals surface area contributed by atoms with Crippen LogP contribution in [0.2, 0.25) is 5.02 Å². The molecule has 1 N–H and O–H groups in total. The predicted octanol–water partition coefficient (Wildman–Crippen LogP) is 5.48. The third-order valence-corrected chi connectivity index (χ3v) is 7.29. The van der Waals surface area contributed by atoms with Crippen molar-refractivity contribution in [3.05, 3.63) is 71.2 Å². The summed E-state index contributed by atoms with van der Waals surface area (Å²) in [4.78, 5) is 32.0. The van der Waals surface area contributed by atoms with Gasteiger partial charge in [0, 0.05) is 43.5 Å². The number of urea groups is 1. The van der Waals surface area contributed by atoms with Gasteiger partial charge < -0.3 is 20.0 Å². The van der Waals surface area contributed by atoms with Gasteiger partial charge in [-0.25, -0.2) is 4.79 Å². The number of benzene rings is 2. The molecule has 3 amide bonds. The van der Waals surface area contributed by atoms with Crippen molar-refractivity contribution in [2.75, 3.05) is 42.9 Å². The van der Waals surface area contributed by atoms with Crippen LogP contribution < -0.4 is 10.2 Å². The molecule has 2 heterocycles. The first-order valence-corrected chi connectivity index (χ1v) is 13.5. The first-order chi connectivity index (χ1) is 18.4. The summed E-state index contributed by atoms with van der Waals surface area (Å²) in [6.07, 6.45) is 1.56. The minimum absolute atomic E-state index is 0.0407. The first-order valence-electron chi connectivity index (χ1n) is 13.1. The molecule has 1 saturated heterocycles. The molecule has 1 fully saturated rings. The van der Waals surface area contributed by atoms with Gasteiger partial charge in [-0.15, -0.1) is 10.2 Å². The zero-order valence-corrected chi connectivity index (χ0v) is 23.0. The van der Waals surface area contributed by atoms with Gasteiger partial charge in [0.1, 0.15) is 6.54 Å². The Labute approximate surface area is 229 Å². The molecule has 200 valence electrons. The van der Waals surface area contributed by atoms with Crippen molar-refractivity contribution in [2.24, 2.45) is 0 Å². The second-order valence-electron chi connectivity index (χ2n) is 9.66. The Morgan fingerprint density at radius 2 is 1.76 bits per heavy atom. The van der Waals surface area contributed by atoms with E-state index in [9.17, 15) is 9.59 Å². The van der Waals surface area contributed by atoms with Crippen molar-refractivity contribution < 1.29 is 9.59 Å². The van der Waals surface area contributed by atoms with E-state index in [0.717, 1.165) is 42.0 Å². The van der Waals surface area contributed by atoms with Crippen molar-refractivity contribution in [1.82, 2.24) is 20.0 Å². The number of amides is 3. The molecule has 1 atom stereocenters. The van der Waals surface area contributed by atoms with Crippen molar-refractivity contribution in [3.63, 3.8) is 0 Å². The number of hydrogen-bond donors (Lipinski definition) is 1. The average molecular weight is 535 g/mol. The van der Waals surface area contributed by atoms with Gasteiger partial charge in [0.2, 0.25) is 5.91 Å². The van der Waals surface area contributed by atoms with Gasteiger partial charge in [0.25, 0.3) is 0 Å². The number of carbonyl (C=O) groups excluding carboxylic acids is 2. The summed E-state index contributed by atoms with van der Waals surface area (Å²) in [5.74, 6) is 0.722. The third-order valence-electron chi connectivity index (χ3n) is 6.97. The molecule has 1 aliphatic heterocycles. The van der Waals surface area contributed by atoms with Gasteiger partial charge >= 0.3 is 6.03 Å². The topological polar surface area (TPSA) is 81.7 Å². The summed E-state index contributed by atoms with van der Waals surface area (Å²) >= 11 is 6.30. The Morgan fingerprint density at radius 1 is 1.00 bits per heavy atom. The molecule has 0 bridgehead atoms. The van der Waals surface area contributed by atoms with Crippen LogP contribution in [-0.2, 0) is 4.79 Å². The number of nitrogens with zero attached hydrogens (tertiary/aromatic N) is 5. The maximum absolute atomic E-state index is 13.3. The molecule has 1 aliphatic rings. The molecule has 9 heteroatoms. The second kappa shape index (κ2) is 12.7. The fourth-order valence-electron chi connectivity index (χ4n) is 4.43. The maximum atomic E-state index is 13.3. The first kappa shape index (κ1) is 27.4. The number of anilines is 2. The van der Waals surface area contributed by atoms with Crippen LogP contribution in [-0.4, -0.2) is 70.7 Å². The van der Waals surface area contributed by atoms with Crippen molar-refractivity contribution in [3.8, 4) is 11.3 Å². The molecule has 0 unspecified atom stereocenters. The molecule has 8 nitrogen and oxygen atoms in total. The van der Waals surface area contributed by atoms with Gasteiger partial charge in [0.15, 0.2) is 5.82 Å². The SMILES string of the molecule is CC[C@@H](C)N(CC(=O)N1CCCN(c2ccc(-c3ccccc3Cl)nn2)CC1)C(=O)Nc1ccc(C)cc1. The number of carbonyl (C=O) groups is 2. The van der Waals surface area contributed by atoms with E-state index in [2.05, 4.69) is 20.4 Å². The van der Waals surface area contributed by atoms with E-state index >= 15 is 0 Å². The van der Waals surface area contributed by atoms with Gasteiger partial charge in [-0.3, -0.25) is 4.79 Å².